The molecule has 0 radical (unpaired) electrons. The molecule has 0 fully saturated rings. The van der Waals surface area contributed by atoms with Crippen molar-refractivity contribution in [3.05, 3.63) is 58.5 Å². The summed E-state index contributed by atoms with van der Waals surface area (Å²) < 4.78 is 29.1. The summed E-state index contributed by atoms with van der Waals surface area (Å²) in [5, 5.41) is 1.29. The van der Waals surface area contributed by atoms with Gasteiger partial charge in [0.05, 0.1) is 35.1 Å². The number of hydrogen-bond donors (Lipinski definition) is 0. The first-order valence-electron chi connectivity index (χ1n) is 7.28. The van der Waals surface area contributed by atoms with E-state index in [1.807, 2.05) is 0 Å². The maximum Gasteiger partial charge on any atom is 0.279 e. The molecule has 2 aromatic heterocycles. The van der Waals surface area contributed by atoms with E-state index in [4.69, 9.17) is 16.4 Å². The van der Waals surface area contributed by atoms with E-state index in [9.17, 15) is 13.6 Å². The number of hydrogen-bond acceptors (Lipinski definition) is 3. The van der Waals surface area contributed by atoms with Gasteiger partial charge < -0.3 is 0 Å². The summed E-state index contributed by atoms with van der Waals surface area (Å²) in [4.78, 5) is 21.8. The Morgan fingerprint density at radius 2 is 1.88 bits per heavy atom. The van der Waals surface area contributed by atoms with Crippen LogP contribution in [0.2, 0.25) is 5.02 Å². The number of carbonyl (C=O) groups is 1. The third kappa shape index (κ3) is 2.96. The van der Waals surface area contributed by atoms with Crippen LogP contribution in [0.4, 0.5) is 8.78 Å². The molecule has 130 valence electrons. The normalized spacial score (nSPS) is 11.1. The van der Waals surface area contributed by atoms with Crippen molar-refractivity contribution < 1.29 is 18.4 Å². The van der Waals surface area contributed by atoms with Gasteiger partial charge in [-0.3, -0.25) is 14.0 Å². The number of pyridine rings is 1. The van der Waals surface area contributed by atoms with Crippen molar-refractivity contribution in [3.63, 3.8) is 0 Å². The van der Waals surface area contributed by atoms with E-state index in [-0.39, 0.29) is 21.8 Å². The van der Waals surface area contributed by atoms with Crippen LogP contribution >= 0.6 is 11.6 Å². The molecule has 0 saturated heterocycles. The molecule has 3 rings (SSSR count). The van der Waals surface area contributed by atoms with E-state index in [0.717, 1.165) is 23.3 Å². The molecule has 0 aliphatic carbocycles. The van der Waals surface area contributed by atoms with Crippen molar-refractivity contribution in [1.29, 1.82) is 0 Å². The third-order valence-corrected chi connectivity index (χ3v) is 4.16. The van der Waals surface area contributed by atoms with Crippen LogP contribution in [0.25, 0.3) is 16.8 Å². The lowest BCUT2D eigenvalue weighted by Crippen LogP contribution is -2.26. The van der Waals surface area contributed by atoms with Crippen molar-refractivity contribution in [1.82, 2.24) is 14.4 Å². The summed E-state index contributed by atoms with van der Waals surface area (Å²) in [5.74, 6) is -1.51. The zero-order valence-corrected chi connectivity index (χ0v) is 14.4. The van der Waals surface area contributed by atoms with Crippen LogP contribution in [0.1, 0.15) is 16.2 Å². The highest BCUT2D eigenvalue weighted by Gasteiger charge is 2.23. The van der Waals surface area contributed by atoms with Gasteiger partial charge in [0.15, 0.2) is 0 Å². The molecule has 0 bridgehead atoms. The van der Waals surface area contributed by atoms with Gasteiger partial charge >= 0.3 is 0 Å². The average Bonchev–Trinajstić information content (AvgIpc) is 2.95. The second kappa shape index (κ2) is 6.42. The maximum atomic E-state index is 13.8. The minimum Gasteiger partial charge on any atom is -0.294 e. The number of nitrogens with zero attached hydrogens (tertiary/aromatic N) is 3. The first-order chi connectivity index (χ1) is 11.8. The van der Waals surface area contributed by atoms with Crippen LogP contribution in [-0.4, -0.2) is 34.5 Å². The number of aromatic nitrogens is 2. The number of fused-ring (bicyclic) bond motifs is 1. The summed E-state index contributed by atoms with van der Waals surface area (Å²) >= 11 is 6.27. The van der Waals surface area contributed by atoms with E-state index < -0.39 is 17.5 Å². The molecular formula is C17H14ClF2N3O2. The number of imidazole rings is 1. The van der Waals surface area contributed by atoms with Gasteiger partial charge in [-0.1, -0.05) is 11.6 Å². The monoisotopic (exact) mass is 365 g/mol. The Bertz CT molecular complexity index is 967. The Morgan fingerprint density at radius 3 is 2.48 bits per heavy atom. The summed E-state index contributed by atoms with van der Waals surface area (Å²) in [6.07, 6.45) is 1.53. The maximum absolute atomic E-state index is 13.8. The predicted octanol–water partition coefficient (Wildman–Crippen LogP) is 3.87. The van der Waals surface area contributed by atoms with Gasteiger partial charge in [0, 0.05) is 18.7 Å². The number of carbonyl (C=O) groups excluding carboxylic acids is 1. The first-order valence-corrected chi connectivity index (χ1v) is 7.66. The van der Waals surface area contributed by atoms with Crippen LogP contribution in [0, 0.1) is 18.6 Å². The molecule has 5 nitrogen and oxygen atoms in total. The minimum atomic E-state index is -0.755. The molecule has 0 atom stereocenters. The standard InChI is InChI=1S/C17H14ClF2N3O2/c1-9-21-8-15-14(18)7-13(17(24)22(2)25-3)16(23(9)15)10-4-11(19)6-12(20)5-10/h4-8H,1-3H3. The molecule has 0 aliphatic heterocycles. The Labute approximate surface area is 147 Å². The Balaban J connectivity index is 2.43. The van der Waals surface area contributed by atoms with Crippen molar-refractivity contribution in [2.45, 2.75) is 6.92 Å². The highest BCUT2D eigenvalue weighted by molar-refractivity contribution is 6.34. The number of halogens is 3. The van der Waals surface area contributed by atoms with E-state index in [0.29, 0.717) is 11.3 Å². The smallest absolute Gasteiger partial charge is 0.279 e. The van der Waals surface area contributed by atoms with Crippen LogP contribution in [0.5, 0.6) is 0 Å². The third-order valence-electron chi connectivity index (χ3n) is 3.86. The summed E-state index contributed by atoms with van der Waals surface area (Å²) in [6, 6.07) is 4.50. The van der Waals surface area contributed by atoms with E-state index >= 15 is 0 Å². The molecule has 3 aromatic rings. The lowest BCUT2D eigenvalue weighted by molar-refractivity contribution is -0.0756. The molecule has 0 saturated carbocycles. The largest absolute Gasteiger partial charge is 0.294 e. The van der Waals surface area contributed by atoms with Crippen molar-refractivity contribution in [2.75, 3.05) is 14.2 Å². The molecule has 2 heterocycles. The summed E-state index contributed by atoms with van der Waals surface area (Å²) in [5.41, 5.74) is 1.12. The van der Waals surface area contributed by atoms with Crippen LogP contribution in [0.3, 0.4) is 0 Å². The SMILES string of the molecule is CON(C)C(=O)c1cc(Cl)c2cnc(C)n2c1-c1cc(F)cc(F)c1. The second-order valence-electron chi connectivity index (χ2n) is 5.42. The van der Waals surface area contributed by atoms with Gasteiger partial charge in [-0.05, 0) is 25.1 Å². The molecule has 1 amide bonds. The highest BCUT2D eigenvalue weighted by atomic mass is 35.5. The van der Waals surface area contributed by atoms with Gasteiger partial charge in [0.1, 0.15) is 17.5 Å². The zero-order valence-electron chi connectivity index (χ0n) is 13.7. The van der Waals surface area contributed by atoms with Crippen molar-refractivity contribution in [2.24, 2.45) is 0 Å². The molecular weight excluding hydrogens is 352 g/mol. The van der Waals surface area contributed by atoms with Gasteiger partial charge in [-0.2, -0.15) is 0 Å². The number of amides is 1. The van der Waals surface area contributed by atoms with Crippen molar-refractivity contribution >= 4 is 23.0 Å². The average molecular weight is 366 g/mol. The Hall–Kier alpha value is -2.51. The fraction of sp³-hybridized carbons (Fsp3) is 0.176. The predicted molar refractivity (Wildman–Crippen MR) is 89.4 cm³/mol. The quantitative estimate of drug-likeness (QED) is 0.662. The zero-order chi connectivity index (χ0) is 18.3. The number of hydroxylamine groups is 2. The van der Waals surface area contributed by atoms with E-state index in [1.165, 1.54) is 26.4 Å². The number of rotatable bonds is 3. The minimum absolute atomic E-state index is 0.132. The Morgan fingerprint density at radius 1 is 1.24 bits per heavy atom. The van der Waals surface area contributed by atoms with Gasteiger partial charge in [0.25, 0.3) is 5.91 Å². The van der Waals surface area contributed by atoms with Crippen LogP contribution in [-0.2, 0) is 4.84 Å². The van der Waals surface area contributed by atoms with Crippen LogP contribution < -0.4 is 0 Å². The summed E-state index contributed by atoms with van der Waals surface area (Å²) in [6.45, 7) is 1.71. The first kappa shape index (κ1) is 17.3. The fourth-order valence-electron chi connectivity index (χ4n) is 2.68. The number of aryl methyl sites for hydroxylation is 1. The second-order valence-corrected chi connectivity index (χ2v) is 5.83. The highest BCUT2D eigenvalue weighted by Crippen LogP contribution is 2.32. The number of benzene rings is 1. The lowest BCUT2D eigenvalue weighted by Gasteiger charge is -2.19. The summed E-state index contributed by atoms with van der Waals surface area (Å²) in [7, 11) is 2.76. The molecule has 0 spiro atoms. The molecule has 0 aliphatic rings. The topological polar surface area (TPSA) is 46.8 Å². The molecule has 25 heavy (non-hydrogen) atoms. The van der Waals surface area contributed by atoms with Gasteiger partial charge in [-0.25, -0.2) is 18.8 Å². The fourth-order valence-corrected chi connectivity index (χ4v) is 2.92. The molecule has 8 heteroatoms. The van der Waals surface area contributed by atoms with Crippen molar-refractivity contribution in [3.8, 4) is 11.3 Å². The lowest BCUT2D eigenvalue weighted by atomic mass is 10.0. The Kier molecular flexibility index (Phi) is 4.45. The molecule has 0 N–H and O–H groups in total. The van der Waals surface area contributed by atoms with Crippen LogP contribution in [0.15, 0.2) is 30.5 Å². The molecule has 1 aromatic carbocycles. The van der Waals surface area contributed by atoms with E-state index in [2.05, 4.69) is 4.98 Å². The molecule has 0 unspecified atom stereocenters. The van der Waals surface area contributed by atoms with Gasteiger partial charge in [-0.15, -0.1) is 0 Å². The van der Waals surface area contributed by atoms with E-state index in [1.54, 1.807) is 11.3 Å². The van der Waals surface area contributed by atoms with Gasteiger partial charge in [0.2, 0.25) is 0 Å².